The van der Waals surface area contributed by atoms with Gasteiger partial charge in [-0.15, -0.1) is 0 Å². The van der Waals surface area contributed by atoms with Gasteiger partial charge in [-0.1, -0.05) is 127 Å². The van der Waals surface area contributed by atoms with E-state index in [0.29, 0.717) is 0 Å². The second kappa shape index (κ2) is 11.2. The minimum Gasteiger partial charge on any atom is -0.309 e. The van der Waals surface area contributed by atoms with Gasteiger partial charge < -0.3 is 9.13 Å². The van der Waals surface area contributed by atoms with Crippen molar-refractivity contribution in [2.45, 2.75) is 0 Å². The maximum absolute atomic E-state index is 2.42. The third-order valence-electron chi connectivity index (χ3n) is 11.7. The molecule has 250 valence electrons. The molecular formula is C52H32N2. The highest BCUT2D eigenvalue weighted by Crippen LogP contribution is 2.49. The monoisotopic (exact) mass is 684 g/mol. The molecule has 12 rings (SSSR count). The molecule has 0 unspecified atom stereocenters. The average Bonchev–Trinajstić information content (AvgIpc) is 3.87. The highest BCUT2D eigenvalue weighted by molar-refractivity contribution is 6.20. The van der Waals surface area contributed by atoms with Crippen LogP contribution in [-0.4, -0.2) is 9.13 Å². The van der Waals surface area contributed by atoms with Gasteiger partial charge in [-0.3, -0.25) is 0 Å². The zero-order valence-electron chi connectivity index (χ0n) is 29.4. The fraction of sp³-hybridized carbons (Fsp3) is 0. The van der Waals surface area contributed by atoms with Gasteiger partial charge in [-0.2, -0.15) is 0 Å². The molecule has 0 fully saturated rings. The molecule has 0 radical (unpaired) electrons. The Bertz CT molecular complexity index is 3280. The summed E-state index contributed by atoms with van der Waals surface area (Å²) in [6, 6.07) is 71.5. The van der Waals surface area contributed by atoms with Crippen LogP contribution >= 0.6 is 0 Å². The van der Waals surface area contributed by atoms with Gasteiger partial charge in [-0.25, -0.2) is 0 Å². The van der Waals surface area contributed by atoms with Gasteiger partial charge in [0, 0.05) is 32.9 Å². The van der Waals surface area contributed by atoms with Crippen molar-refractivity contribution >= 4 is 54.4 Å². The van der Waals surface area contributed by atoms with Crippen molar-refractivity contribution in [3.05, 3.63) is 194 Å². The summed E-state index contributed by atoms with van der Waals surface area (Å²) in [5.74, 6) is 0. The Labute approximate surface area is 312 Å². The minimum atomic E-state index is 1.16. The molecule has 0 bridgehead atoms. The fourth-order valence-electron chi connectivity index (χ4n) is 9.29. The highest BCUT2D eigenvalue weighted by atomic mass is 15.0. The van der Waals surface area contributed by atoms with E-state index in [2.05, 4.69) is 203 Å². The normalized spacial score (nSPS) is 12.1. The first-order chi connectivity index (χ1) is 26.8. The van der Waals surface area contributed by atoms with Gasteiger partial charge in [-0.05, 0) is 122 Å². The minimum absolute atomic E-state index is 1.16. The lowest BCUT2D eigenvalue weighted by molar-refractivity contribution is 1.18. The number of aromatic nitrogens is 2. The molecule has 0 saturated heterocycles. The maximum atomic E-state index is 2.42. The molecule has 54 heavy (non-hydrogen) atoms. The molecule has 1 aliphatic carbocycles. The van der Waals surface area contributed by atoms with Crippen LogP contribution in [0.4, 0.5) is 0 Å². The number of nitrogens with zero attached hydrogens (tertiary/aromatic N) is 2. The topological polar surface area (TPSA) is 9.86 Å². The van der Waals surface area contributed by atoms with Crippen LogP contribution < -0.4 is 0 Å². The summed E-state index contributed by atoms with van der Waals surface area (Å²) in [7, 11) is 0. The van der Waals surface area contributed by atoms with E-state index in [1.807, 2.05) is 0 Å². The molecule has 0 saturated carbocycles. The van der Waals surface area contributed by atoms with Crippen molar-refractivity contribution in [3.8, 4) is 55.9 Å². The molecule has 0 N–H and O–H groups in total. The van der Waals surface area contributed by atoms with Gasteiger partial charge >= 0.3 is 0 Å². The molecule has 1 aliphatic rings. The summed E-state index contributed by atoms with van der Waals surface area (Å²) in [6.45, 7) is 0. The second-order valence-electron chi connectivity index (χ2n) is 14.5. The van der Waals surface area contributed by atoms with Crippen LogP contribution in [0.3, 0.4) is 0 Å². The molecule has 2 heterocycles. The van der Waals surface area contributed by atoms with Crippen molar-refractivity contribution in [2.24, 2.45) is 0 Å². The van der Waals surface area contributed by atoms with E-state index in [9.17, 15) is 0 Å². The summed E-state index contributed by atoms with van der Waals surface area (Å²) in [4.78, 5) is 0. The third kappa shape index (κ3) is 4.11. The van der Waals surface area contributed by atoms with Gasteiger partial charge in [0.2, 0.25) is 0 Å². The number of hydrogen-bond donors (Lipinski definition) is 0. The molecule has 11 aromatic rings. The zero-order valence-corrected chi connectivity index (χ0v) is 29.4. The SMILES string of the molecule is c1ccc(-n2c3ccccc3c3cc(-c4ccc5c(c4)c4cc(-c6ccc7c8c(cccc68)-c6ccccc6-7)ccc4n5-c4ccccc4)ccc32)cc1. The molecule has 2 aromatic heterocycles. The molecule has 0 amide bonds. The Morgan fingerprint density at radius 3 is 1.30 bits per heavy atom. The summed E-state index contributed by atoms with van der Waals surface area (Å²) in [6.07, 6.45) is 0. The van der Waals surface area contributed by atoms with Crippen molar-refractivity contribution in [2.75, 3.05) is 0 Å². The lowest BCUT2D eigenvalue weighted by Gasteiger charge is -2.11. The molecule has 9 aromatic carbocycles. The molecule has 0 atom stereocenters. The van der Waals surface area contributed by atoms with Crippen LogP contribution in [0.2, 0.25) is 0 Å². The lowest BCUT2D eigenvalue weighted by atomic mass is 9.93. The van der Waals surface area contributed by atoms with E-state index in [0.717, 1.165) is 5.69 Å². The van der Waals surface area contributed by atoms with Crippen LogP contribution in [0, 0.1) is 0 Å². The van der Waals surface area contributed by atoms with Crippen molar-refractivity contribution in [1.29, 1.82) is 0 Å². The molecule has 2 nitrogen and oxygen atoms in total. The van der Waals surface area contributed by atoms with Gasteiger partial charge in [0.15, 0.2) is 0 Å². The zero-order chi connectivity index (χ0) is 35.3. The molecule has 0 spiro atoms. The standard InChI is InChI=1S/C52H32N2/c1-3-12-36(13-4-1)53-48-21-10-9-18-41(48)45-30-33(22-27-49(45)53)34-23-28-50-46(31-34)47-32-35(24-29-51(47)54(50)37-14-5-2-6-15-37)38-25-26-44-40-17-8-7-16-39(40)43-20-11-19-42(38)52(43)44/h1-32H. The number of rotatable bonds is 4. The first kappa shape index (κ1) is 29.4. The highest BCUT2D eigenvalue weighted by Gasteiger charge is 2.23. The average molecular weight is 685 g/mol. The Kier molecular flexibility index (Phi) is 6.09. The number of benzene rings is 9. The Hall–Kier alpha value is -7.16. The van der Waals surface area contributed by atoms with Crippen LogP contribution in [0.5, 0.6) is 0 Å². The summed E-state index contributed by atoms with van der Waals surface area (Å²) in [5, 5.41) is 7.68. The van der Waals surface area contributed by atoms with E-state index in [1.165, 1.54) is 105 Å². The number of hydrogen-bond acceptors (Lipinski definition) is 0. The first-order valence-electron chi connectivity index (χ1n) is 18.7. The Morgan fingerprint density at radius 2 is 0.667 bits per heavy atom. The predicted molar refractivity (Wildman–Crippen MR) is 228 cm³/mol. The largest absolute Gasteiger partial charge is 0.309 e. The smallest absolute Gasteiger partial charge is 0.0541 e. The van der Waals surface area contributed by atoms with Crippen LogP contribution in [0.25, 0.3) is 110 Å². The number of fused-ring (bicyclic) bond motifs is 9. The van der Waals surface area contributed by atoms with Crippen LogP contribution in [0.1, 0.15) is 0 Å². The van der Waals surface area contributed by atoms with E-state index >= 15 is 0 Å². The quantitative estimate of drug-likeness (QED) is 0.175. The number of para-hydroxylation sites is 3. The molecule has 0 aliphatic heterocycles. The summed E-state index contributed by atoms with van der Waals surface area (Å²) >= 11 is 0. The van der Waals surface area contributed by atoms with Gasteiger partial charge in [0.05, 0.1) is 22.1 Å². The first-order valence-corrected chi connectivity index (χ1v) is 18.7. The second-order valence-corrected chi connectivity index (χ2v) is 14.5. The van der Waals surface area contributed by atoms with Crippen molar-refractivity contribution in [3.63, 3.8) is 0 Å². The maximum Gasteiger partial charge on any atom is 0.0541 e. The van der Waals surface area contributed by atoms with Crippen molar-refractivity contribution in [1.82, 2.24) is 9.13 Å². The molecular weight excluding hydrogens is 653 g/mol. The Morgan fingerprint density at radius 1 is 0.241 bits per heavy atom. The summed E-state index contributed by atoms with van der Waals surface area (Å²) in [5.41, 5.74) is 17.4. The lowest BCUT2D eigenvalue weighted by Crippen LogP contribution is -1.93. The Balaban J connectivity index is 1.08. The molecule has 2 heteroatoms. The van der Waals surface area contributed by atoms with E-state index < -0.39 is 0 Å². The van der Waals surface area contributed by atoms with Crippen LogP contribution in [-0.2, 0) is 0 Å². The third-order valence-corrected chi connectivity index (χ3v) is 11.7. The van der Waals surface area contributed by atoms with E-state index in [1.54, 1.807) is 0 Å². The summed E-state index contributed by atoms with van der Waals surface area (Å²) < 4.78 is 4.80. The van der Waals surface area contributed by atoms with Gasteiger partial charge in [0.25, 0.3) is 0 Å². The van der Waals surface area contributed by atoms with Gasteiger partial charge in [0.1, 0.15) is 0 Å². The van der Waals surface area contributed by atoms with Crippen molar-refractivity contribution < 1.29 is 0 Å². The fourth-order valence-corrected chi connectivity index (χ4v) is 9.29. The van der Waals surface area contributed by atoms with E-state index in [-0.39, 0.29) is 0 Å². The van der Waals surface area contributed by atoms with E-state index in [4.69, 9.17) is 0 Å². The predicted octanol–water partition coefficient (Wildman–Crippen LogP) is 14.0. The van der Waals surface area contributed by atoms with Crippen LogP contribution in [0.15, 0.2) is 194 Å².